The Morgan fingerprint density at radius 1 is 1.00 bits per heavy atom. The van der Waals surface area contributed by atoms with Gasteiger partial charge in [-0.3, -0.25) is 9.59 Å². The molecule has 1 amide bonds. The Kier molecular flexibility index (Phi) is 5.76. The van der Waals surface area contributed by atoms with Crippen molar-refractivity contribution in [1.82, 2.24) is 4.90 Å². The number of carbonyl (C=O) groups excluding carboxylic acids is 2. The van der Waals surface area contributed by atoms with Crippen molar-refractivity contribution in [1.29, 1.82) is 0 Å². The summed E-state index contributed by atoms with van der Waals surface area (Å²) in [5, 5.41) is 0. The normalized spacial score (nSPS) is 16.2. The number of piperidine rings is 1. The van der Waals surface area contributed by atoms with E-state index < -0.39 is 0 Å². The molecule has 4 heteroatoms. The molecule has 3 rings (SSSR count). The third-order valence-corrected chi connectivity index (χ3v) is 5.74. The van der Waals surface area contributed by atoms with Crippen LogP contribution in [0.1, 0.15) is 57.2 Å². The van der Waals surface area contributed by atoms with E-state index in [1.165, 1.54) is 0 Å². The van der Waals surface area contributed by atoms with Gasteiger partial charge in [0.05, 0.1) is 5.56 Å². The van der Waals surface area contributed by atoms with Gasteiger partial charge in [0.2, 0.25) is 0 Å². The van der Waals surface area contributed by atoms with E-state index >= 15 is 0 Å². The Balaban J connectivity index is 1.84. The molecule has 4 nitrogen and oxygen atoms in total. The predicted molar refractivity (Wildman–Crippen MR) is 108 cm³/mol. The molecule has 0 bridgehead atoms. The number of hydrogen-bond donors (Lipinski definition) is 1. The van der Waals surface area contributed by atoms with E-state index in [4.69, 9.17) is 5.73 Å². The van der Waals surface area contributed by atoms with Gasteiger partial charge in [-0.05, 0) is 62.8 Å². The predicted octanol–water partition coefficient (Wildman–Crippen LogP) is 3.73. The molecule has 1 fully saturated rings. The zero-order valence-electron chi connectivity index (χ0n) is 16.4. The maximum atomic E-state index is 13.1. The fourth-order valence-corrected chi connectivity index (χ4v) is 3.70. The van der Waals surface area contributed by atoms with Gasteiger partial charge in [0.15, 0.2) is 5.78 Å². The highest BCUT2D eigenvalue weighted by atomic mass is 16.2. The smallest absolute Gasteiger partial charge is 0.254 e. The highest BCUT2D eigenvalue weighted by Gasteiger charge is 2.27. The van der Waals surface area contributed by atoms with Crippen molar-refractivity contribution in [2.45, 2.75) is 39.7 Å². The van der Waals surface area contributed by atoms with Gasteiger partial charge < -0.3 is 10.6 Å². The average molecular weight is 364 g/mol. The summed E-state index contributed by atoms with van der Waals surface area (Å²) in [7, 11) is 0. The van der Waals surface area contributed by atoms with Gasteiger partial charge in [-0.2, -0.15) is 0 Å². The Hall–Kier alpha value is -2.46. The molecular weight excluding hydrogens is 336 g/mol. The molecule has 0 aromatic heterocycles. The number of ketones is 1. The molecule has 1 aliphatic rings. The summed E-state index contributed by atoms with van der Waals surface area (Å²) in [5.74, 6) is 0.292. The van der Waals surface area contributed by atoms with Gasteiger partial charge in [-0.15, -0.1) is 0 Å². The van der Waals surface area contributed by atoms with Crippen LogP contribution >= 0.6 is 0 Å². The summed E-state index contributed by atoms with van der Waals surface area (Å²) in [4.78, 5) is 28.0. The van der Waals surface area contributed by atoms with Gasteiger partial charge in [0, 0.05) is 30.3 Å². The van der Waals surface area contributed by atoms with Crippen LogP contribution in [0.25, 0.3) is 0 Å². The third-order valence-electron chi connectivity index (χ3n) is 5.74. The van der Waals surface area contributed by atoms with Crippen molar-refractivity contribution >= 4 is 11.7 Å². The lowest BCUT2D eigenvalue weighted by Gasteiger charge is -2.34. The number of hydrogen-bond acceptors (Lipinski definition) is 3. The van der Waals surface area contributed by atoms with Crippen LogP contribution in [0.2, 0.25) is 0 Å². The summed E-state index contributed by atoms with van der Waals surface area (Å²) < 4.78 is 0. The molecule has 2 N–H and O–H groups in total. The van der Waals surface area contributed by atoms with Crippen LogP contribution in [0.4, 0.5) is 0 Å². The number of carbonyl (C=O) groups is 2. The van der Waals surface area contributed by atoms with Crippen molar-refractivity contribution in [3.63, 3.8) is 0 Å². The zero-order valence-corrected chi connectivity index (χ0v) is 16.4. The quantitative estimate of drug-likeness (QED) is 0.841. The van der Waals surface area contributed by atoms with E-state index in [-0.39, 0.29) is 17.7 Å². The summed E-state index contributed by atoms with van der Waals surface area (Å²) in [5.41, 5.74) is 9.80. The molecule has 1 heterocycles. The number of benzene rings is 2. The van der Waals surface area contributed by atoms with Crippen LogP contribution in [0.3, 0.4) is 0 Å². The Bertz CT molecular complexity index is 849. The second-order valence-electron chi connectivity index (χ2n) is 7.66. The van der Waals surface area contributed by atoms with Crippen molar-refractivity contribution in [3.8, 4) is 0 Å². The van der Waals surface area contributed by atoms with Gasteiger partial charge in [-0.25, -0.2) is 0 Å². The van der Waals surface area contributed by atoms with Crippen LogP contribution < -0.4 is 5.73 Å². The summed E-state index contributed by atoms with van der Waals surface area (Å²) in [6, 6.07) is 13.0. The Morgan fingerprint density at radius 3 is 2.22 bits per heavy atom. The molecule has 2 aromatic rings. The molecule has 142 valence electrons. The summed E-state index contributed by atoms with van der Waals surface area (Å²) >= 11 is 0. The number of nitrogens with two attached hydrogens (primary N) is 1. The van der Waals surface area contributed by atoms with E-state index in [0.717, 1.165) is 24.0 Å². The Labute approximate surface area is 161 Å². The van der Waals surface area contributed by atoms with E-state index in [9.17, 15) is 9.59 Å². The monoisotopic (exact) mass is 364 g/mol. The fourth-order valence-electron chi connectivity index (χ4n) is 3.70. The number of aryl methyl sites for hydroxylation is 2. The maximum Gasteiger partial charge on any atom is 0.254 e. The number of rotatable bonds is 4. The largest absolute Gasteiger partial charge is 0.339 e. The van der Waals surface area contributed by atoms with Crippen LogP contribution in [-0.2, 0) is 0 Å². The molecule has 0 radical (unpaired) electrons. The molecule has 0 aliphatic carbocycles. The minimum Gasteiger partial charge on any atom is -0.339 e. The third kappa shape index (κ3) is 4.11. The van der Waals surface area contributed by atoms with Crippen molar-refractivity contribution in [3.05, 3.63) is 70.3 Å². The lowest BCUT2D eigenvalue weighted by Crippen LogP contribution is -2.42. The highest BCUT2D eigenvalue weighted by molar-refractivity contribution is 6.15. The van der Waals surface area contributed by atoms with Crippen molar-refractivity contribution in [2.24, 2.45) is 11.7 Å². The van der Waals surface area contributed by atoms with Gasteiger partial charge in [-0.1, -0.05) is 30.3 Å². The SMILES string of the molecule is Cc1ccc(C(=O)c2ccccc2C(=O)N2CCC(C(C)N)CC2)cc1C. The van der Waals surface area contributed by atoms with E-state index in [2.05, 4.69) is 0 Å². The van der Waals surface area contributed by atoms with Crippen LogP contribution in [0.15, 0.2) is 42.5 Å². The van der Waals surface area contributed by atoms with E-state index in [0.29, 0.717) is 35.7 Å². The highest BCUT2D eigenvalue weighted by Crippen LogP contribution is 2.23. The van der Waals surface area contributed by atoms with Crippen LogP contribution in [-0.4, -0.2) is 35.7 Å². The number of amides is 1. The first-order valence-electron chi connectivity index (χ1n) is 9.64. The number of likely N-dealkylation sites (tertiary alicyclic amines) is 1. The fraction of sp³-hybridized carbons (Fsp3) is 0.391. The first kappa shape index (κ1) is 19.3. The molecular formula is C23H28N2O2. The van der Waals surface area contributed by atoms with E-state index in [1.807, 2.05) is 56.0 Å². The Morgan fingerprint density at radius 2 is 1.63 bits per heavy atom. The molecule has 0 spiro atoms. The first-order chi connectivity index (χ1) is 12.9. The zero-order chi connectivity index (χ0) is 19.6. The number of nitrogens with zero attached hydrogens (tertiary/aromatic N) is 1. The van der Waals surface area contributed by atoms with Crippen molar-refractivity contribution in [2.75, 3.05) is 13.1 Å². The maximum absolute atomic E-state index is 13.1. The molecule has 2 aromatic carbocycles. The lowest BCUT2D eigenvalue weighted by molar-refractivity contribution is 0.0677. The minimum absolute atomic E-state index is 0.0640. The first-order valence-corrected chi connectivity index (χ1v) is 9.64. The molecule has 27 heavy (non-hydrogen) atoms. The van der Waals surface area contributed by atoms with Gasteiger partial charge >= 0.3 is 0 Å². The summed E-state index contributed by atoms with van der Waals surface area (Å²) in [6.45, 7) is 7.42. The second kappa shape index (κ2) is 8.05. The lowest BCUT2D eigenvalue weighted by atomic mass is 9.90. The average Bonchev–Trinajstić information content (AvgIpc) is 2.69. The van der Waals surface area contributed by atoms with Gasteiger partial charge in [0.1, 0.15) is 0 Å². The second-order valence-corrected chi connectivity index (χ2v) is 7.66. The molecule has 0 saturated carbocycles. The molecule has 1 saturated heterocycles. The van der Waals surface area contributed by atoms with Gasteiger partial charge in [0.25, 0.3) is 5.91 Å². The molecule has 1 aliphatic heterocycles. The van der Waals surface area contributed by atoms with Crippen LogP contribution in [0, 0.1) is 19.8 Å². The topological polar surface area (TPSA) is 63.4 Å². The minimum atomic E-state index is -0.104. The summed E-state index contributed by atoms with van der Waals surface area (Å²) in [6.07, 6.45) is 1.83. The molecule has 1 atom stereocenters. The molecule has 1 unspecified atom stereocenters. The van der Waals surface area contributed by atoms with Crippen LogP contribution in [0.5, 0.6) is 0 Å². The van der Waals surface area contributed by atoms with E-state index in [1.54, 1.807) is 12.1 Å². The van der Waals surface area contributed by atoms with Crippen molar-refractivity contribution < 1.29 is 9.59 Å². The standard InChI is InChI=1S/C23H28N2O2/c1-15-8-9-19(14-16(15)2)22(26)20-6-4-5-7-21(20)23(27)25-12-10-18(11-13-25)17(3)24/h4-9,14,17-18H,10-13,24H2,1-3H3.